The number of hydrogen-bond acceptors (Lipinski definition) is 1. The molecule has 2 heteroatoms. The van der Waals surface area contributed by atoms with Crippen LogP contribution >= 0.6 is 7.14 Å². The average molecular weight is 358 g/mol. The number of allylic oxidation sites excluding steroid dienone is 2. The molecule has 0 fully saturated rings. The molecule has 0 aliphatic heterocycles. The maximum Gasteiger partial charge on any atom is 0.148 e. The van der Waals surface area contributed by atoms with E-state index in [0.29, 0.717) is 6.16 Å². The lowest BCUT2D eigenvalue weighted by Gasteiger charge is -2.23. The van der Waals surface area contributed by atoms with Gasteiger partial charge in [-0.25, -0.2) is 0 Å². The Labute approximate surface area is 156 Å². The molecule has 0 aliphatic rings. The molecule has 0 saturated heterocycles. The summed E-state index contributed by atoms with van der Waals surface area (Å²) < 4.78 is 14.5. The Morgan fingerprint density at radius 2 is 1.35 bits per heavy atom. The number of hydrogen-bond donors (Lipinski definition) is 0. The van der Waals surface area contributed by atoms with Gasteiger partial charge in [0, 0.05) is 16.8 Å². The first-order valence-electron chi connectivity index (χ1n) is 8.71. The highest BCUT2D eigenvalue weighted by atomic mass is 31.2. The molecule has 0 N–H and O–H groups in total. The average Bonchev–Trinajstić information content (AvgIpc) is 2.68. The normalized spacial score (nSPS) is 13.8. The molecule has 0 aromatic heterocycles. The van der Waals surface area contributed by atoms with Crippen molar-refractivity contribution in [3.8, 4) is 0 Å². The first-order valence-corrected chi connectivity index (χ1v) is 10.6. The minimum Gasteiger partial charge on any atom is -0.313 e. The van der Waals surface area contributed by atoms with Gasteiger partial charge in [0.2, 0.25) is 0 Å². The summed E-state index contributed by atoms with van der Waals surface area (Å²) in [4.78, 5) is 0. The molecule has 1 unspecified atom stereocenters. The van der Waals surface area contributed by atoms with Crippen molar-refractivity contribution >= 4 is 17.8 Å². The minimum absolute atomic E-state index is 0.492. The first-order chi connectivity index (χ1) is 12.6. The summed E-state index contributed by atoms with van der Waals surface area (Å²) in [6.07, 6.45) is 2.47. The van der Waals surface area contributed by atoms with Gasteiger partial charge in [0.05, 0.1) is 0 Å². The summed E-state index contributed by atoms with van der Waals surface area (Å²) in [5.41, 5.74) is 2.95. The van der Waals surface area contributed by atoms with Crippen molar-refractivity contribution in [1.29, 1.82) is 0 Å². The van der Waals surface area contributed by atoms with Gasteiger partial charge in [-0.1, -0.05) is 103 Å². The van der Waals surface area contributed by atoms with Crippen LogP contribution in [-0.4, -0.2) is 0 Å². The summed E-state index contributed by atoms with van der Waals surface area (Å²) >= 11 is 0. The van der Waals surface area contributed by atoms with Crippen molar-refractivity contribution in [2.75, 3.05) is 0 Å². The Hall–Kier alpha value is -2.63. The summed E-state index contributed by atoms with van der Waals surface area (Å²) in [5, 5.41) is 1.74. The molecule has 0 spiro atoms. The molecule has 0 amide bonds. The largest absolute Gasteiger partial charge is 0.313 e. The molecule has 0 heterocycles. The van der Waals surface area contributed by atoms with Crippen LogP contribution in [0.5, 0.6) is 0 Å². The molecule has 3 aromatic carbocycles. The monoisotopic (exact) mass is 358 g/mol. The molecule has 0 bridgehead atoms. The van der Waals surface area contributed by atoms with E-state index in [0.717, 1.165) is 27.3 Å². The summed E-state index contributed by atoms with van der Waals surface area (Å²) in [6.45, 7) is 5.98. The highest BCUT2D eigenvalue weighted by Gasteiger charge is 2.30. The first kappa shape index (κ1) is 18.2. The lowest BCUT2D eigenvalue weighted by atomic mass is 10.2. The smallest absolute Gasteiger partial charge is 0.148 e. The van der Waals surface area contributed by atoms with Crippen LogP contribution in [0.25, 0.3) is 5.31 Å². The van der Waals surface area contributed by atoms with Crippen molar-refractivity contribution in [2.45, 2.75) is 13.1 Å². The second-order valence-electron chi connectivity index (χ2n) is 6.46. The van der Waals surface area contributed by atoms with Crippen molar-refractivity contribution in [1.82, 2.24) is 0 Å². The fraction of sp³-hybridized carbons (Fsp3) is 0.0833. The number of benzene rings is 3. The molecule has 0 radical (unpaired) electrons. The molecule has 130 valence electrons. The van der Waals surface area contributed by atoms with E-state index in [-0.39, 0.29) is 0 Å². The Morgan fingerprint density at radius 3 is 1.88 bits per heavy atom. The van der Waals surface area contributed by atoms with E-state index in [9.17, 15) is 4.57 Å². The van der Waals surface area contributed by atoms with Crippen molar-refractivity contribution < 1.29 is 4.57 Å². The van der Waals surface area contributed by atoms with Gasteiger partial charge in [0.15, 0.2) is 0 Å². The lowest BCUT2D eigenvalue weighted by Crippen LogP contribution is -2.08. The standard InChI is InChI=1S/C24H23OP/c1-20(2)18-24(22-14-8-4-9-15-22)26(25,23-16-10-5-11-17-23)19-21-12-6-3-7-13-21/h3-18H,1,19H2,2H3/b24-18+. The zero-order valence-electron chi connectivity index (χ0n) is 15.0. The van der Waals surface area contributed by atoms with Gasteiger partial charge in [-0.3, -0.25) is 0 Å². The van der Waals surface area contributed by atoms with Gasteiger partial charge in [-0.2, -0.15) is 0 Å². The van der Waals surface area contributed by atoms with Crippen LogP contribution < -0.4 is 5.30 Å². The molecule has 3 rings (SSSR count). The molecule has 26 heavy (non-hydrogen) atoms. The van der Waals surface area contributed by atoms with Crippen molar-refractivity contribution in [3.05, 3.63) is 120 Å². The second kappa shape index (κ2) is 8.17. The highest BCUT2D eigenvalue weighted by molar-refractivity contribution is 7.80. The van der Waals surface area contributed by atoms with Crippen LogP contribution in [0.4, 0.5) is 0 Å². The maximum atomic E-state index is 14.5. The fourth-order valence-electron chi connectivity index (χ4n) is 3.06. The highest BCUT2D eigenvalue weighted by Crippen LogP contribution is 2.60. The third-order valence-corrected chi connectivity index (χ3v) is 7.37. The van der Waals surface area contributed by atoms with E-state index in [2.05, 4.69) is 6.58 Å². The Morgan fingerprint density at radius 1 is 0.846 bits per heavy atom. The summed E-state index contributed by atoms with van der Waals surface area (Å²) in [7, 11) is -2.88. The van der Waals surface area contributed by atoms with E-state index in [1.54, 1.807) is 0 Å². The summed E-state index contributed by atoms with van der Waals surface area (Å²) in [6, 6.07) is 29.9. The third-order valence-electron chi connectivity index (χ3n) is 4.26. The van der Waals surface area contributed by atoms with E-state index >= 15 is 0 Å². The molecule has 0 aliphatic carbocycles. The quantitative estimate of drug-likeness (QED) is 0.363. The lowest BCUT2D eigenvalue weighted by molar-refractivity contribution is 0.587. The molecule has 1 nitrogen and oxygen atoms in total. The van der Waals surface area contributed by atoms with Crippen LogP contribution in [0.15, 0.2) is 109 Å². The molecule has 3 aromatic rings. The van der Waals surface area contributed by atoms with Crippen molar-refractivity contribution in [2.24, 2.45) is 0 Å². The van der Waals surface area contributed by atoms with E-state index in [1.165, 1.54) is 0 Å². The van der Waals surface area contributed by atoms with Crippen LogP contribution in [0, 0.1) is 0 Å². The van der Waals surface area contributed by atoms with Gasteiger partial charge >= 0.3 is 0 Å². The Balaban J connectivity index is 2.21. The SMILES string of the molecule is C=C(C)/C=C(\c1ccccc1)P(=O)(Cc1ccccc1)c1ccccc1. The zero-order chi connectivity index (χ0) is 18.4. The molecule has 0 saturated carbocycles. The van der Waals surface area contributed by atoms with E-state index in [4.69, 9.17) is 0 Å². The van der Waals surface area contributed by atoms with Gasteiger partial charge in [-0.15, -0.1) is 0 Å². The predicted molar refractivity (Wildman–Crippen MR) is 113 cm³/mol. The van der Waals surface area contributed by atoms with Crippen LogP contribution in [-0.2, 0) is 10.7 Å². The van der Waals surface area contributed by atoms with Crippen LogP contribution in [0.2, 0.25) is 0 Å². The Bertz CT molecular complexity index is 941. The Kier molecular flexibility index (Phi) is 5.71. The molecular weight excluding hydrogens is 335 g/mol. The van der Waals surface area contributed by atoms with Gasteiger partial charge < -0.3 is 4.57 Å². The van der Waals surface area contributed by atoms with Gasteiger partial charge in [0.1, 0.15) is 7.14 Å². The minimum atomic E-state index is -2.88. The molecule has 1 atom stereocenters. The van der Waals surface area contributed by atoms with Gasteiger partial charge in [0.25, 0.3) is 0 Å². The second-order valence-corrected chi connectivity index (χ2v) is 9.25. The number of rotatable bonds is 6. The van der Waals surface area contributed by atoms with E-state index in [1.807, 2.05) is 104 Å². The van der Waals surface area contributed by atoms with Gasteiger partial charge in [-0.05, 0) is 24.1 Å². The summed E-state index contributed by atoms with van der Waals surface area (Å²) in [5.74, 6) is 0. The van der Waals surface area contributed by atoms with Crippen LogP contribution in [0.1, 0.15) is 18.1 Å². The molecular formula is C24H23OP. The van der Waals surface area contributed by atoms with Crippen molar-refractivity contribution in [3.63, 3.8) is 0 Å². The zero-order valence-corrected chi connectivity index (χ0v) is 15.9. The maximum absolute atomic E-state index is 14.5. The fourth-order valence-corrected chi connectivity index (χ4v) is 6.07. The van der Waals surface area contributed by atoms with E-state index < -0.39 is 7.14 Å². The van der Waals surface area contributed by atoms with Crippen LogP contribution in [0.3, 0.4) is 0 Å². The predicted octanol–water partition coefficient (Wildman–Crippen LogP) is 6.49. The topological polar surface area (TPSA) is 17.1 Å². The third kappa shape index (κ3) is 4.12.